The minimum absolute atomic E-state index is 0.0395. The Labute approximate surface area is 103 Å². The van der Waals surface area contributed by atoms with Gasteiger partial charge in [-0.05, 0) is 12.1 Å². The maximum absolute atomic E-state index is 11.9. The number of hydrogen-bond donors (Lipinski definition) is 3. The molecule has 2 aromatic rings. The van der Waals surface area contributed by atoms with Crippen LogP contribution in [0, 0.1) is 0 Å². The first kappa shape index (κ1) is 11.8. The molecule has 0 aliphatic carbocycles. The van der Waals surface area contributed by atoms with E-state index in [4.69, 9.17) is 5.73 Å². The number of nitrogens with zero attached hydrogens (tertiary/aromatic N) is 3. The number of aromatic nitrogens is 3. The topological polar surface area (TPSA) is 106 Å². The Balaban J connectivity index is 2.19. The highest BCUT2D eigenvalue weighted by molar-refractivity contribution is 6.03. The van der Waals surface area contributed by atoms with Gasteiger partial charge in [-0.2, -0.15) is 15.0 Å². The first-order valence-corrected chi connectivity index (χ1v) is 5.25. The largest absolute Gasteiger partial charge is 0.368 e. The van der Waals surface area contributed by atoms with E-state index in [9.17, 15) is 4.79 Å². The Morgan fingerprint density at radius 3 is 2.44 bits per heavy atom. The van der Waals surface area contributed by atoms with Gasteiger partial charge in [0.2, 0.25) is 17.8 Å². The number of nitrogen functional groups attached to an aromatic ring is 1. The molecule has 0 fully saturated rings. The van der Waals surface area contributed by atoms with Crippen molar-refractivity contribution in [1.82, 2.24) is 15.0 Å². The lowest BCUT2D eigenvalue weighted by Crippen LogP contribution is -2.16. The number of amides is 1. The van der Waals surface area contributed by atoms with Gasteiger partial charge in [0, 0.05) is 12.6 Å². The molecule has 4 N–H and O–H groups in total. The third-order valence-electron chi connectivity index (χ3n) is 2.14. The summed E-state index contributed by atoms with van der Waals surface area (Å²) in [5.74, 6) is 0.146. The van der Waals surface area contributed by atoms with E-state index in [1.807, 2.05) is 6.07 Å². The second-order valence-electron chi connectivity index (χ2n) is 3.41. The van der Waals surface area contributed by atoms with E-state index in [0.717, 1.165) is 0 Å². The van der Waals surface area contributed by atoms with Crippen molar-refractivity contribution >= 4 is 23.8 Å². The number of benzene rings is 1. The summed E-state index contributed by atoms with van der Waals surface area (Å²) in [7, 11) is 1.65. The Morgan fingerprint density at radius 1 is 1.11 bits per heavy atom. The van der Waals surface area contributed by atoms with Gasteiger partial charge < -0.3 is 11.1 Å². The molecule has 1 aromatic heterocycles. The molecule has 0 aliphatic rings. The fourth-order valence-electron chi connectivity index (χ4n) is 1.32. The summed E-state index contributed by atoms with van der Waals surface area (Å²) in [6.07, 6.45) is 0. The average Bonchev–Trinajstić information content (AvgIpc) is 2.39. The highest BCUT2D eigenvalue weighted by Gasteiger charge is 2.09. The number of anilines is 3. The molecule has 0 saturated carbocycles. The van der Waals surface area contributed by atoms with Crippen LogP contribution in [-0.2, 0) is 0 Å². The summed E-state index contributed by atoms with van der Waals surface area (Å²) < 4.78 is 0. The predicted molar refractivity (Wildman–Crippen MR) is 68.2 cm³/mol. The van der Waals surface area contributed by atoms with Gasteiger partial charge in [-0.25, -0.2) is 0 Å². The van der Waals surface area contributed by atoms with Crippen molar-refractivity contribution in [2.45, 2.75) is 0 Å². The molecule has 92 valence electrons. The highest BCUT2D eigenvalue weighted by atomic mass is 16.1. The number of nitrogens with two attached hydrogens (primary N) is 1. The number of carbonyl (C=O) groups is 1. The van der Waals surface area contributed by atoms with E-state index in [-0.39, 0.29) is 17.8 Å². The van der Waals surface area contributed by atoms with E-state index in [1.54, 1.807) is 31.3 Å². The lowest BCUT2D eigenvalue weighted by molar-refractivity contribution is 0.102. The van der Waals surface area contributed by atoms with Gasteiger partial charge in [-0.15, -0.1) is 0 Å². The zero-order valence-corrected chi connectivity index (χ0v) is 9.71. The molecule has 0 saturated heterocycles. The average molecular weight is 244 g/mol. The standard InChI is InChI=1S/C11H12N6O/c1-13-10-15-9(12)16-11(17-10)14-8(18)7-5-3-2-4-6-7/h2-6H,1H3,(H4,12,13,14,15,16,17,18). The Kier molecular flexibility index (Phi) is 3.33. The maximum Gasteiger partial charge on any atom is 0.258 e. The van der Waals surface area contributed by atoms with Crippen LogP contribution < -0.4 is 16.4 Å². The van der Waals surface area contributed by atoms with Crippen LogP contribution in [0.5, 0.6) is 0 Å². The van der Waals surface area contributed by atoms with E-state index in [2.05, 4.69) is 25.6 Å². The van der Waals surface area contributed by atoms with Crippen molar-refractivity contribution in [2.24, 2.45) is 0 Å². The van der Waals surface area contributed by atoms with Crippen molar-refractivity contribution in [3.8, 4) is 0 Å². The van der Waals surface area contributed by atoms with Gasteiger partial charge in [-0.1, -0.05) is 18.2 Å². The quantitative estimate of drug-likeness (QED) is 0.735. The summed E-state index contributed by atoms with van der Waals surface area (Å²) in [5, 5.41) is 5.28. The molecule has 2 rings (SSSR count). The molecule has 0 radical (unpaired) electrons. The molecule has 0 spiro atoms. The zero-order chi connectivity index (χ0) is 13.0. The van der Waals surface area contributed by atoms with Crippen LogP contribution in [0.4, 0.5) is 17.8 Å². The molecule has 7 nitrogen and oxygen atoms in total. The summed E-state index contributed by atoms with van der Waals surface area (Å²) in [4.78, 5) is 23.5. The van der Waals surface area contributed by atoms with Crippen LogP contribution in [0.25, 0.3) is 0 Å². The Morgan fingerprint density at radius 2 is 1.78 bits per heavy atom. The van der Waals surface area contributed by atoms with Crippen LogP contribution in [0.1, 0.15) is 10.4 Å². The summed E-state index contributed by atoms with van der Waals surface area (Å²) >= 11 is 0. The van der Waals surface area contributed by atoms with Crippen molar-refractivity contribution in [3.63, 3.8) is 0 Å². The molecular formula is C11H12N6O. The normalized spacial score (nSPS) is 9.83. The molecule has 1 aromatic carbocycles. The predicted octanol–water partition coefficient (Wildman–Crippen LogP) is 0.748. The summed E-state index contributed by atoms with van der Waals surface area (Å²) in [6, 6.07) is 8.76. The van der Waals surface area contributed by atoms with E-state index >= 15 is 0 Å². The van der Waals surface area contributed by atoms with Gasteiger partial charge in [0.15, 0.2) is 0 Å². The molecule has 0 atom stereocenters. The molecule has 1 amide bonds. The Hall–Kier alpha value is -2.70. The second kappa shape index (κ2) is 5.09. The lowest BCUT2D eigenvalue weighted by Gasteiger charge is -2.05. The summed E-state index contributed by atoms with van der Waals surface area (Å²) in [6.45, 7) is 0. The van der Waals surface area contributed by atoms with Crippen molar-refractivity contribution < 1.29 is 4.79 Å². The summed E-state index contributed by atoms with van der Waals surface area (Å²) in [5.41, 5.74) is 6.01. The van der Waals surface area contributed by atoms with E-state index in [1.165, 1.54) is 0 Å². The first-order chi connectivity index (χ1) is 8.69. The van der Waals surface area contributed by atoms with Crippen molar-refractivity contribution in [2.75, 3.05) is 23.4 Å². The number of nitrogens with one attached hydrogen (secondary N) is 2. The minimum Gasteiger partial charge on any atom is -0.368 e. The molecule has 18 heavy (non-hydrogen) atoms. The second-order valence-corrected chi connectivity index (χ2v) is 3.41. The lowest BCUT2D eigenvalue weighted by atomic mass is 10.2. The highest BCUT2D eigenvalue weighted by Crippen LogP contribution is 2.08. The van der Waals surface area contributed by atoms with Gasteiger partial charge in [0.25, 0.3) is 5.91 Å². The molecule has 7 heteroatoms. The van der Waals surface area contributed by atoms with Gasteiger partial charge in [0.05, 0.1) is 0 Å². The van der Waals surface area contributed by atoms with Crippen molar-refractivity contribution in [1.29, 1.82) is 0 Å². The van der Waals surface area contributed by atoms with Gasteiger partial charge in [-0.3, -0.25) is 10.1 Å². The van der Waals surface area contributed by atoms with E-state index < -0.39 is 0 Å². The Bertz CT molecular complexity index is 557. The SMILES string of the molecule is CNc1nc(N)nc(NC(=O)c2ccccc2)n1. The van der Waals surface area contributed by atoms with Crippen LogP contribution in [0.2, 0.25) is 0 Å². The van der Waals surface area contributed by atoms with Crippen LogP contribution in [0.3, 0.4) is 0 Å². The molecule has 0 aliphatic heterocycles. The third kappa shape index (κ3) is 2.70. The van der Waals surface area contributed by atoms with Crippen LogP contribution >= 0.6 is 0 Å². The van der Waals surface area contributed by atoms with Crippen LogP contribution in [0.15, 0.2) is 30.3 Å². The van der Waals surface area contributed by atoms with E-state index in [0.29, 0.717) is 11.5 Å². The van der Waals surface area contributed by atoms with Gasteiger partial charge >= 0.3 is 0 Å². The molecule has 1 heterocycles. The molecule has 0 unspecified atom stereocenters. The smallest absolute Gasteiger partial charge is 0.258 e. The maximum atomic E-state index is 11.9. The first-order valence-electron chi connectivity index (χ1n) is 5.25. The minimum atomic E-state index is -0.303. The molecular weight excluding hydrogens is 232 g/mol. The monoisotopic (exact) mass is 244 g/mol. The van der Waals surface area contributed by atoms with Crippen molar-refractivity contribution in [3.05, 3.63) is 35.9 Å². The fraction of sp³-hybridized carbons (Fsp3) is 0.0909. The third-order valence-corrected chi connectivity index (χ3v) is 2.14. The number of rotatable bonds is 3. The number of hydrogen-bond acceptors (Lipinski definition) is 6. The number of carbonyl (C=O) groups excluding carboxylic acids is 1. The molecule has 0 bridgehead atoms. The zero-order valence-electron chi connectivity index (χ0n) is 9.71. The fourth-order valence-corrected chi connectivity index (χ4v) is 1.32. The van der Waals surface area contributed by atoms with Crippen LogP contribution in [-0.4, -0.2) is 27.9 Å². The van der Waals surface area contributed by atoms with Gasteiger partial charge in [0.1, 0.15) is 0 Å².